The summed E-state index contributed by atoms with van der Waals surface area (Å²) in [6.45, 7) is 4.53. The number of hydrogen-bond donors (Lipinski definition) is 2. The Morgan fingerprint density at radius 1 is 1.00 bits per heavy atom. The van der Waals surface area contributed by atoms with E-state index < -0.39 is 27.3 Å². The lowest BCUT2D eigenvalue weighted by molar-refractivity contribution is -0.123. The van der Waals surface area contributed by atoms with E-state index in [4.69, 9.17) is 0 Å². The maximum Gasteiger partial charge on any atom is 0.255 e. The fraction of sp³-hybridized carbons (Fsp3) is 0.250. The summed E-state index contributed by atoms with van der Waals surface area (Å²) in [6, 6.07) is 12.5. The molecule has 1 aliphatic heterocycles. The highest BCUT2D eigenvalue weighted by Crippen LogP contribution is 2.36. The number of carbonyl (C=O) groups is 3. The number of hydrogen-bond acceptors (Lipinski definition) is 5. The molecule has 0 aromatic heterocycles. The lowest BCUT2D eigenvalue weighted by Gasteiger charge is -2.18. The van der Waals surface area contributed by atoms with Crippen molar-refractivity contribution in [2.75, 3.05) is 20.7 Å². The van der Waals surface area contributed by atoms with E-state index in [9.17, 15) is 22.8 Å². The first-order valence-corrected chi connectivity index (χ1v) is 10.5. The zero-order valence-electron chi connectivity index (χ0n) is 16.2. The van der Waals surface area contributed by atoms with Gasteiger partial charge in [-0.2, -0.15) is 0 Å². The molecular weight excluding hydrogens is 394 g/mol. The van der Waals surface area contributed by atoms with Crippen LogP contribution in [0, 0.1) is 5.41 Å². The topological polar surface area (TPSA) is 113 Å². The van der Waals surface area contributed by atoms with Crippen LogP contribution in [0.1, 0.15) is 31.1 Å². The maximum atomic E-state index is 12.6. The van der Waals surface area contributed by atoms with E-state index in [1.807, 2.05) is 0 Å². The molecule has 1 saturated heterocycles. The molecule has 2 aromatic rings. The molecule has 1 heterocycles. The smallest absolute Gasteiger partial charge is 0.255 e. The number of sulfonamides is 1. The van der Waals surface area contributed by atoms with Gasteiger partial charge in [0, 0.05) is 23.9 Å². The number of nitrogens with zero attached hydrogens (tertiary/aromatic N) is 1. The largest absolute Gasteiger partial charge is 0.326 e. The summed E-state index contributed by atoms with van der Waals surface area (Å²) < 4.78 is 25.7. The minimum absolute atomic E-state index is 0.125. The second-order valence-corrected chi connectivity index (χ2v) is 9.29. The zero-order valence-corrected chi connectivity index (χ0v) is 17.0. The van der Waals surface area contributed by atoms with Crippen molar-refractivity contribution in [3.63, 3.8) is 0 Å². The Kier molecular flexibility index (Phi) is 5.18. The summed E-state index contributed by atoms with van der Waals surface area (Å²) in [5.74, 6) is -1.53. The number of benzene rings is 2. The van der Waals surface area contributed by atoms with Crippen molar-refractivity contribution >= 4 is 44.8 Å². The molecule has 0 saturated carbocycles. The summed E-state index contributed by atoms with van der Waals surface area (Å²) in [5.41, 5.74) is 0.277. The van der Waals surface area contributed by atoms with Crippen molar-refractivity contribution in [1.29, 1.82) is 0 Å². The molecule has 0 unspecified atom stereocenters. The summed E-state index contributed by atoms with van der Waals surface area (Å²) in [6.07, 6.45) is 0. The normalized spacial score (nSPS) is 17.1. The van der Waals surface area contributed by atoms with Crippen molar-refractivity contribution in [2.45, 2.75) is 20.8 Å². The second-order valence-electron chi connectivity index (χ2n) is 7.48. The molecule has 3 rings (SSSR count). The molecule has 2 N–H and O–H groups in total. The van der Waals surface area contributed by atoms with E-state index >= 15 is 0 Å². The van der Waals surface area contributed by atoms with E-state index in [1.54, 1.807) is 38.1 Å². The van der Waals surface area contributed by atoms with Gasteiger partial charge >= 0.3 is 0 Å². The quantitative estimate of drug-likeness (QED) is 0.797. The first-order valence-electron chi connectivity index (χ1n) is 8.86. The van der Waals surface area contributed by atoms with Gasteiger partial charge in [0.25, 0.3) is 5.91 Å². The molecule has 9 heteroatoms. The van der Waals surface area contributed by atoms with Crippen LogP contribution in [0.2, 0.25) is 0 Å². The lowest BCUT2D eigenvalue weighted by Crippen LogP contribution is -2.33. The molecule has 1 aliphatic rings. The van der Waals surface area contributed by atoms with Crippen LogP contribution in [0.25, 0.3) is 0 Å². The van der Waals surface area contributed by atoms with E-state index in [2.05, 4.69) is 10.6 Å². The number of amides is 3. The van der Waals surface area contributed by atoms with Gasteiger partial charge < -0.3 is 10.6 Å². The van der Waals surface area contributed by atoms with Gasteiger partial charge in [0.1, 0.15) is 0 Å². The average Bonchev–Trinajstić information content (AvgIpc) is 2.77. The van der Waals surface area contributed by atoms with E-state index in [-0.39, 0.29) is 22.9 Å². The molecule has 0 bridgehead atoms. The molecule has 0 radical (unpaired) electrons. The third-order valence-electron chi connectivity index (χ3n) is 4.37. The van der Waals surface area contributed by atoms with Crippen LogP contribution in [-0.2, 0) is 19.6 Å². The number of rotatable bonds is 4. The number of carbonyl (C=O) groups excluding carboxylic acids is 3. The highest BCUT2D eigenvalue weighted by Gasteiger charge is 2.49. The Labute approximate surface area is 169 Å². The van der Waals surface area contributed by atoms with Crippen LogP contribution in [-0.4, -0.2) is 31.9 Å². The predicted molar refractivity (Wildman–Crippen MR) is 110 cm³/mol. The molecule has 8 nitrogen and oxygen atoms in total. The minimum Gasteiger partial charge on any atom is -0.326 e. The zero-order chi connectivity index (χ0) is 21.4. The predicted octanol–water partition coefficient (Wildman–Crippen LogP) is 2.60. The van der Waals surface area contributed by atoms with Crippen molar-refractivity contribution < 1.29 is 22.8 Å². The van der Waals surface area contributed by atoms with Crippen LogP contribution >= 0.6 is 0 Å². The maximum absolute atomic E-state index is 12.6. The molecule has 0 atom stereocenters. The Morgan fingerprint density at radius 2 is 1.62 bits per heavy atom. The molecule has 2 aromatic carbocycles. The summed E-state index contributed by atoms with van der Waals surface area (Å²) in [5, 5.41) is 5.32. The molecule has 3 amide bonds. The lowest BCUT2D eigenvalue weighted by atomic mass is 9.95. The van der Waals surface area contributed by atoms with Crippen LogP contribution in [0.3, 0.4) is 0 Å². The van der Waals surface area contributed by atoms with E-state index in [0.29, 0.717) is 11.4 Å². The fourth-order valence-corrected chi connectivity index (χ4v) is 5.22. The van der Waals surface area contributed by atoms with Crippen LogP contribution in [0.15, 0.2) is 48.5 Å². The number of nitrogens with one attached hydrogen (secondary N) is 2. The molecular formula is C20H21N3O5S. The first kappa shape index (κ1) is 20.5. The van der Waals surface area contributed by atoms with Crippen molar-refractivity contribution in [3.05, 3.63) is 54.1 Å². The first-order chi connectivity index (χ1) is 13.5. The second kappa shape index (κ2) is 7.32. The summed E-state index contributed by atoms with van der Waals surface area (Å²) >= 11 is 0. The van der Waals surface area contributed by atoms with Crippen LogP contribution in [0.4, 0.5) is 17.1 Å². The third kappa shape index (κ3) is 4.29. The average molecular weight is 415 g/mol. The van der Waals surface area contributed by atoms with Gasteiger partial charge in [-0.25, -0.2) is 12.7 Å². The molecule has 0 aliphatic carbocycles. The molecule has 152 valence electrons. The highest BCUT2D eigenvalue weighted by atomic mass is 32.2. The Balaban J connectivity index is 1.86. The monoisotopic (exact) mass is 415 g/mol. The van der Waals surface area contributed by atoms with Crippen molar-refractivity contribution in [1.82, 2.24) is 0 Å². The summed E-state index contributed by atoms with van der Waals surface area (Å²) in [7, 11) is -3.80. The Morgan fingerprint density at radius 3 is 2.21 bits per heavy atom. The van der Waals surface area contributed by atoms with Crippen molar-refractivity contribution in [3.8, 4) is 0 Å². The van der Waals surface area contributed by atoms with Gasteiger partial charge in [-0.3, -0.25) is 14.4 Å². The molecule has 29 heavy (non-hydrogen) atoms. The van der Waals surface area contributed by atoms with Gasteiger partial charge in [0.15, 0.2) is 0 Å². The van der Waals surface area contributed by atoms with Gasteiger partial charge in [-0.1, -0.05) is 12.1 Å². The molecule has 0 spiro atoms. The fourth-order valence-electron chi connectivity index (χ4n) is 3.12. The third-order valence-corrected chi connectivity index (χ3v) is 6.39. The van der Waals surface area contributed by atoms with Gasteiger partial charge in [0.2, 0.25) is 21.8 Å². The van der Waals surface area contributed by atoms with E-state index in [1.165, 1.54) is 31.2 Å². The standard InChI is InChI=1S/C20H21N3O5S/c1-13(24)21-15-7-5-8-16(11-15)22-18(25)14-6-4-9-17(10-14)23-19(26)20(2,3)12-29(23,27)28/h4-11H,12H2,1-3H3,(H,21,24)(H,22,25). The SMILES string of the molecule is CC(=O)Nc1cccc(NC(=O)c2cccc(N3C(=O)C(C)(C)CS3(=O)=O)c2)c1. The van der Waals surface area contributed by atoms with Gasteiger partial charge in [-0.15, -0.1) is 0 Å². The minimum atomic E-state index is -3.80. The van der Waals surface area contributed by atoms with Crippen LogP contribution in [0.5, 0.6) is 0 Å². The number of anilines is 3. The van der Waals surface area contributed by atoms with Gasteiger partial charge in [-0.05, 0) is 50.2 Å². The van der Waals surface area contributed by atoms with Gasteiger partial charge in [0.05, 0.1) is 16.9 Å². The van der Waals surface area contributed by atoms with Crippen molar-refractivity contribution in [2.24, 2.45) is 5.41 Å². The highest BCUT2D eigenvalue weighted by molar-refractivity contribution is 7.94. The molecule has 1 fully saturated rings. The summed E-state index contributed by atoms with van der Waals surface area (Å²) in [4.78, 5) is 36.4. The van der Waals surface area contributed by atoms with E-state index in [0.717, 1.165) is 4.31 Å². The Bertz CT molecular complexity index is 1110. The van der Waals surface area contributed by atoms with Crippen LogP contribution < -0.4 is 14.9 Å². The Hall–Kier alpha value is -3.20.